The molecule has 0 aliphatic carbocycles. The lowest BCUT2D eigenvalue weighted by molar-refractivity contribution is 0.0789. The van der Waals surface area contributed by atoms with Crippen LogP contribution in [-0.4, -0.2) is 30.5 Å². The smallest absolute Gasteiger partial charge is 0.419 e. The highest BCUT2D eigenvalue weighted by atomic mass is 16.5. The van der Waals surface area contributed by atoms with Crippen LogP contribution < -0.4 is 10.9 Å². The molecule has 0 aliphatic rings. The zero-order valence-electron chi connectivity index (χ0n) is 6.76. The second-order valence-electron chi connectivity index (χ2n) is 2.28. The number of nitrogens with one attached hydrogen (secondary N) is 2. The van der Waals surface area contributed by atoms with Gasteiger partial charge in [-0.05, 0) is 13.8 Å². The maximum absolute atomic E-state index is 9.88. The van der Waals surface area contributed by atoms with Gasteiger partial charge in [0.15, 0.2) is 0 Å². The molecule has 0 atom stereocenters. The number of amides is 1. The van der Waals surface area contributed by atoms with Crippen molar-refractivity contribution < 1.29 is 14.6 Å². The second kappa shape index (κ2) is 5.94. The minimum Gasteiger partial charge on any atom is -0.464 e. The molecule has 0 aliphatic heterocycles. The summed E-state index contributed by atoms with van der Waals surface area (Å²) in [6.45, 7) is 4.82. The number of hydrogen-bond acceptors (Lipinski definition) is 3. The average molecular weight is 162 g/mol. The number of carbonyl (C=O) groups is 1. The highest BCUT2D eigenvalue weighted by molar-refractivity contribution is 5.63. The largest absolute Gasteiger partial charge is 0.464 e. The summed E-state index contributed by atoms with van der Waals surface area (Å²) in [6, 6.07) is 0. The normalized spacial score (nSPS) is 10.1. The molecule has 0 spiro atoms. The fourth-order valence-electron chi connectivity index (χ4n) is 0.484. The molecule has 0 aromatic heterocycles. The van der Waals surface area contributed by atoms with E-state index in [4.69, 9.17) is 9.84 Å². The van der Waals surface area contributed by atoms with Crippen LogP contribution in [-0.2, 0) is 4.74 Å². The van der Waals surface area contributed by atoms with E-state index in [2.05, 4.69) is 5.43 Å². The lowest BCUT2D eigenvalue weighted by atomic mass is 10.5. The van der Waals surface area contributed by atoms with Crippen LogP contribution in [0.1, 0.15) is 13.8 Å². The van der Waals surface area contributed by atoms with Crippen LogP contribution >= 0.6 is 0 Å². The van der Waals surface area contributed by atoms with Crippen LogP contribution in [0.4, 0.5) is 4.79 Å². The summed E-state index contributed by atoms with van der Waals surface area (Å²) in [5.41, 5.74) is 4.47. The van der Waals surface area contributed by atoms with Gasteiger partial charge < -0.3 is 9.84 Å². The monoisotopic (exact) mass is 162 g/mol. The molecular formula is C6H14N2O3. The van der Waals surface area contributed by atoms with Crippen molar-refractivity contribution in [1.29, 1.82) is 0 Å². The minimum atomic E-state index is -1.09. The molecule has 1 amide bonds. The Bertz CT molecular complexity index is 116. The van der Waals surface area contributed by atoms with Gasteiger partial charge >= 0.3 is 6.09 Å². The Labute approximate surface area is 65.7 Å². The van der Waals surface area contributed by atoms with Crippen LogP contribution in [0.25, 0.3) is 0 Å². The molecule has 66 valence electrons. The van der Waals surface area contributed by atoms with Crippen molar-refractivity contribution in [2.24, 2.45) is 0 Å². The zero-order valence-corrected chi connectivity index (χ0v) is 6.76. The van der Waals surface area contributed by atoms with Crippen LogP contribution in [0.5, 0.6) is 0 Å². The summed E-state index contributed by atoms with van der Waals surface area (Å²) in [5.74, 6) is 0. The van der Waals surface area contributed by atoms with Gasteiger partial charge in [-0.3, -0.25) is 5.43 Å². The summed E-state index contributed by atoms with van der Waals surface area (Å²) >= 11 is 0. The van der Waals surface area contributed by atoms with Crippen molar-refractivity contribution >= 4 is 6.09 Å². The van der Waals surface area contributed by atoms with Gasteiger partial charge in [-0.1, -0.05) is 0 Å². The summed E-state index contributed by atoms with van der Waals surface area (Å²) < 4.78 is 5.13. The third-order valence-corrected chi connectivity index (χ3v) is 0.874. The molecule has 0 bridgehead atoms. The number of ether oxygens (including phenoxy) is 1. The number of rotatable bonds is 5. The molecule has 0 aromatic carbocycles. The van der Waals surface area contributed by atoms with Crippen molar-refractivity contribution in [2.75, 3.05) is 13.2 Å². The fourth-order valence-corrected chi connectivity index (χ4v) is 0.484. The highest BCUT2D eigenvalue weighted by Crippen LogP contribution is 1.84. The van der Waals surface area contributed by atoms with Crippen molar-refractivity contribution in [3.05, 3.63) is 0 Å². The second-order valence-corrected chi connectivity index (χ2v) is 2.28. The van der Waals surface area contributed by atoms with Crippen LogP contribution in [0.3, 0.4) is 0 Å². The Hall–Kier alpha value is -0.810. The highest BCUT2D eigenvalue weighted by Gasteiger charge is 1.93. The molecule has 0 heterocycles. The van der Waals surface area contributed by atoms with Crippen molar-refractivity contribution in [3.8, 4) is 0 Å². The Balaban J connectivity index is 2.97. The molecule has 0 rings (SSSR count). The number of carboxylic acid groups (broad SMARTS) is 1. The van der Waals surface area contributed by atoms with E-state index in [0.29, 0.717) is 13.2 Å². The number of hydrazine groups is 1. The molecule has 0 fully saturated rings. The van der Waals surface area contributed by atoms with Crippen LogP contribution in [0.2, 0.25) is 0 Å². The first-order chi connectivity index (χ1) is 5.13. The van der Waals surface area contributed by atoms with E-state index in [1.165, 1.54) is 0 Å². The van der Waals surface area contributed by atoms with E-state index in [9.17, 15) is 4.79 Å². The third kappa shape index (κ3) is 9.19. The molecule has 0 unspecified atom stereocenters. The molecule has 5 heteroatoms. The maximum Gasteiger partial charge on any atom is 0.419 e. The van der Waals surface area contributed by atoms with E-state index < -0.39 is 6.09 Å². The van der Waals surface area contributed by atoms with Gasteiger partial charge in [-0.25, -0.2) is 10.2 Å². The van der Waals surface area contributed by atoms with Crippen molar-refractivity contribution in [3.63, 3.8) is 0 Å². The third-order valence-electron chi connectivity index (χ3n) is 0.874. The Morgan fingerprint density at radius 3 is 2.73 bits per heavy atom. The molecule has 0 saturated carbocycles. The first kappa shape index (κ1) is 10.2. The van der Waals surface area contributed by atoms with E-state index in [-0.39, 0.29) is 6.10 Å². The first-order valence-corrected chi connectivity index (χ1v) is 3.46. The maximum atomic E-state index is 9.88. The molecule has 5 nitrogen and oxygen atoms in total. The predicted octanol–water partition coefficient (Wildman–Crippen LogP) is 0.184. The number of hydrogen-bond donors (Lipinski definition) is 3. The van der Waals surface area contributed by atoms with Crippen LogP contribution in [0.15, 0.2) is 0 Å². The molecule has 0 aromatic rings. The molecule has 0 saturated heterocycles. The van der Waals surface area contributed by atoms with Crippen molar-refractivity contribution in [2.45, 2.75) is 20.0 Å². The SMILES string of the molecule is CC(C)OCCNNC(=O)O. The van der Waals surface area contributed by atoms with E-state index in [0.717, 1.165) is 0 Å². The molecule has 3 N–H and O–H groups in total. The lowest BCUT2D eigenvalue weighted by Crippen LogP contribution is -2.38. The summed E-state index contributed by atoms with van der Waals surface area (Å²) in [4.78, 5) is 9.88. The summed E-state index contributed by atoms with van der Waals surface area (Å²) in [6.07, 6.45) is -0.906. The van der Waals surface area contributed by atoms with Gasteiger partial charge in [0, 0.05) is 6.54 Å². The van der Waals surface area contributed by atoms with Gasteiger partial charge in [0.2, 0.25) is 0 Å². The lowest BCUT2D eigenvalue weighted by Gasteiger charge is -2.07. The average Bonchev–Trinajstić information content (AvgIpc) is 1.85. The Kier molecular flexibility index (Phi) is 5.50. The predicted molar refractivity (Wildman–Crippen MR) is 40.3 cm³/mol. The fraction of sp³-hybridized carbons (Fsp3) is 0.833. The van der Waals surface area contributed by atoms with Crippen molar-refractivity contribution in [1.82, 2.24) is 10.9 Å². The Morgan fingerprint density at radius 2 is 2.27 bits per heavy atom. The molecule has 0 radical (unpaired) electrons. The van der Waals surface area contributed by atoms with E-state index in [1.807, 2.05) is 19.3 Å². The van der Waals surface area contributed by atoms with E-state index in [1.54, 1.807) is 0 Å². The zero-order chi connectivity index (χ0) is 8.69. The molecule has 11 heavy (non-hydrogen) atoms. The van der Waals surface area contributed by atoms with Gasteiger partial charge in [-0.2, -0.15) is 0 Å². The quantitative estimate of drug-likeness (QED) is 0.398. The standard InChI is InChI=1S/C6H14N2O3/c1-5(2)11-4-3-7-8-6(9)10/h5,7-8H,3-4H2,1-2H3,(H,9,10). The van der Waals surface area contributed by atoms with Gasteiger partial charge in [-0.15, -0.1) is 0 Å². The summed E-state index contributed by atoms with van der Waals surface area (Å²) in [7, 11) is 0. The molecular weight excluding hydrogens is 148 g/mol. The van der Waals surface area contributed by atoms with Gasteiger partial charge in [0.1, 0.15) is 0 Å². The van der Waals surface area contributed by atoms with Gasteiger partial charge in [0.25, 0.3) is 0 Å². The Morgan fingerprint density at radius 1 is 1.64 bits per heavy atom. The van der Waals surface area contributed by atoms with Crippen LogP contribution in [0, 0.1) is 0 Å². The summed E-state index contributed by atoms with van der Waals surface area (Å²) in [5, 5.41) is 8.11. The topological polar surface area (TPSA) is 70.6 Å². The van der Waals surface area contributed by atoms with E-state index >= 15 is 0 Å². The first-order valence-electron chi connectivity index (χ1n) is 3.46. The van der Waals surface area contributed by atoms with Gasteiger partial charge in [0.05, 0.1) is 12.7 Å². The minimum absolute atomic E-state index is 0.182.